The van der Waals surface area contributed by atoms with Crippen molar-refractivity contribution >= 4 is 17.9 Å². The van der Waals surface area contributed by atoms with Gasteiger partial charge in [-0.2, -0.15) is 0 Å². The SMILES string of the molecule is CC(C)NC(=O)NC(=O)Cn1nnc(C(=O)O)c1C1CC1. The molecule has 3 N–H and O–H groups in total. The molecule has 0 bridgehead atoms. The molecule has 0 aliphatic heterocycles. The van der Waals surface area contributed by atoms with Crippen molar-refractivity contribution < 1.29 is 19.5 Å². The molecule has 1 aromatic rings. The van der Waals surface area contributed by atoms with Crippen LogP contribution in [0.4, 0.5) is 4.79 Å². The van der Waals surface area contributed by atoms with Crippen molar-refractivity contribution in [3.63, 3.8) is 0 Å². The van der Waals surface area contributed by atoms with Gasteiger partial charge in [0.1, 0.15) is 6.54 Å². The van der Waals surface area contributed by atoms with Gasteiger partial charge >= 0.3 is 12.0 Å². The van der Waals surface area contributed by atoms with Crippen molar-refractivity contribution in [3.05, 3.63) is 11.4 Å². The van der Waals surface area contributed by atoms with E-state index >= 15 is 0 Å². The Balaban J connectivity index is 2.04. The third-order valence-electron chi connectivity index (χ3n) is 2.91. The molecule has 0 saturated heterocycles. The standard InChI is InChI=1S/C12H17N5O4/c1-6(2)13-12(21)14-8(18)5-17-10(7-3-4-7)9(11(19)20)15-16-17/h6-7H,3-5H2,1-2H3,(H,19,20)(H2,13,14,18,21). The third kappa shape index (κ3) is 3.77. The predicted octanol–water partition coefficient (Wildman–Crippen LogP) is 0.0879. The van der Waals surface area contributed by atoms with Crippen LogP contribution in [-0.4, -0.2) is 44.0 Å². The van der Waals surface area contributed by atoms with Crippen LogP contribution in [0.2, 0.25) is 0 Å². The fraction of sp³-hybridized carbons (Fsp3) is 0.583. The number of imide groups is 1. The van der Waals surface area contributed by atoms with E-state index in [1.807, 2.05) is 0 Å². The van der Waals surface area contributed by atoms with Crippen molar-refractivity contribution in [1.82, 2.24) is 25.6 Å². The average molecular weight is 295 g/mol. The first-order valence-electron chi connectivity index (χ1n) is 6.65. The lowest BCUT2D eigenvalue weighted by atomic mass is 10.2. The maximum atomic E-state index is 11.8. The van der Waals surface area contributed by atoms with Crippen LogP contribution in [-0.2, 0) is 11.3 Å². The summed E-state index contributed by atoms with van der Waals surface area (Å²) in [6, 6.07) is -0.689. The molecule has 0 radical (unpaired) electrons. The maximum Gasteiger partial charge on any atom is 0.358 e. The van der Waals surface area contributed by atoms with Gasteiger partial charge in [0.15, 0.2) is 5.69 Å². The number of carboxylic acids is 1. The Kier molecular flexibility index (Phi) is 4.20. The number of hydrogen-bond acceptors (Lipinski definition) is 5. The van der Waals surface area contributed by atoms with Crippen molar-refractivity contribution in [2.45, 2.75) is 45.2 Å². The number of nitrogens with zero attached hydrogens (tertiary/aromatic N) is 3. The Hall–Kier alpha value is -2.45. The number of rotatable bonds is 5. The van der Waals surface area contributed by atoms with Crippen LogP contribution in [0.3, 0.4) is 0 Å². The Bertz CT molecular complexity index is 576. The lowest BCUT2D eigenvalue weighted by molar-refractivity contribution is -0.120. The molecule has 9 nitrogen and oxygen atoms in total. The molecule has 1 fully saturated rings. The zero-order chi connectivity index (χ0) is 15.6. The van der Waals surface area contributed by atoms with E-state index in [0.29, 0.717) is 5.69 Å². The highest BCUT2D eigenvalue weighted by Crippen LogP contribution is 2.41. The summed E-state index contributed by atoms with van der Waals surface area (Å²) >= 11 is 0. The summed E-state index contributed by atoms with van der Waals surface area (Å²) in [7, 11) is 0. The number of carboxylic acid groups (broad SMARTS) is 1. The average Bonchev–Trinajstić information content (AvgIpc) is 3.09. The quantitative estimate of drug-likeness (QED) is 0.706. The van der Waals surface area contributed by atoms with Gasteiger partial charge in [-0.05, 0) is 26.7 Å². The van der Waals surface area contributed by atoms with E-state index < -0.39 is 17.9 Å². The van der Waals surface area contributed by atoms with E-state index in [1.165, 1.54) is 4.68 Å². The van der Waals surface area contributed by atoms with Crippen molar-refractivity contribution in [3.8, 4) is 0 Å². The zero-order valence-corrected chi connectivity index (χ0v) is 11.8. The van der Waals surface area contributed by atoms with Gasteiger partial charge in [0.25, 0.3) is 0 Å². The summed E-state index contributed by atoms with van der Waals surface area (Å²) in [5, 5.41) is 21.0. The fourth-order valence-corrected chi connectivity index (χ4v) is 1.95. The summed E-state index contributed by atoms with van der Waals surface area (Å²) in [5.74, 6) is -1.67. The normalized spacial score (nSPS) is 14.0. The Morgan fingerprint density at radius 3 is 2.57 bits per heavy atom. The number of carbonyl (C=O) groups is 3. The molecule has 0 spiro atoms. The van der Waals surface area contributed by atoms with Gasteiger partial charge in [0.2, 0.25) is 5.91 Å². The van der Waals surface area contributed by atoms with Crippen molar-refractivity contribution in [1.29, 1.82) is 0 Å². The molecular weight excluding hydrogens is 278 g/mol. The topological polar surface area (TPSA) is 126 Å². The number of carbonyl (C=O) groups excluding carboxylic acids is 2. The van der Waals surface area contributed by atoms with Gasteiger partial charge in [0, 0.05) is 12.0 Å². The van der Waals surface area contributed by atoms with Crippen LogP contribution in [0, 0.1) is 0 Å². The first-order valence-corrected chi connectivity index (χ1v) is 6.65. The number of urea groups is 1. The molecule has 3 amide bonds. The minimum absolute atomic E-state index is 0.0726. The van der Waals surface area contributed by atoms with E-state index in [0.717, 1.165) is 12.8 Å². The Morgan fingerprint density at radius 2 is 2.05 bits per heavy atom. The van der Waals surface area contributed by atoms with E-state index in [9.17, 15) is 14.4 Å². The summed E-state index contributed by atoms with van der Waals surface area (Å²) in [6.07, 6.45) is 1.70. The molecule has 9 heteroatoms. The molecule has 114 valence electrons. The van der Waals surface area contributed by atoms with Crippen LogP contribution in [0.15, 0.2) is 0 Å². The first kappa shape index (κ1) is 14.9. The maximum absolute atomic E-state index is 11.8. The number of amides is 3. The molecular formula is C12H17N5O4. The molecule has 1 aromatic heterocycles. The second-order valence-electron chi connectivity index (χ2n) is 5.24. The van der Waals surface area contributed by atoms with Gasteiger partial charge < -0.3 is 10.4 Å². The Morgan fingerprint density at radius 1 is 1.38 bits per heavy atom. The summed E-state index contributed by atoms with van der Waals surface area (Å²) < 4.78 is 1.25. The highest BCUT2D eigenvalue weighted by atomic mass is 16.4. The number of aromatic nitrogens is 3. The van der Waals surface area contributed by atoms with E-state index in [4.69, 9.17) is 5.11 Å². The molecule has 1 saturated carbocycles. The lowest BCUT2D eigenvalue weighted by Gasteiger charge is -2.10. The summed E-state index contributed by atoms with van der Waals surface area (Å²) in [5.41, 5.74) is 0.318. The molecule has 1 heterocycles. The van der Waals surface area contributed by atoms with E-state index in [-0.39, 0.29) is 24.2 Å². The molecule has 0 atom stereocenters. The molecule has 21 heavy (non-hydrogen) atoms. The van der Waals surface area contributed by atoms with E-state index in [2.05, 4.69) is 20.9 Å². The largest absolute Gasteiger partial charge is 0.476 e. The lowest BCUT2D eigenvalue weighted by Crippen LogP contribution is -2.43. The number of aromatic carboxylic acids is 1. The van der Waals surface area contributed by atoms with Crippen LogP contribution in [0.25, 0.3) is 0 Å². The van der Waals surface area contributed by atoms with Crippen LogP contribution >= 0.6 is 0 Å². The minimum atomic E-state index is -1.17. The number of hydrogen-bond donors (Lipinski definition) is 3. The highest BCUT2D eigenvalue weighted by molar-refractivity contribution is 5.94. The second-order valence-corrected chi connectivity index (χ2v) is 5.24. The summed E-state index contributed by atoms with van der Waals surface area (Å²) in [4.78, 5) is 34.3. The minimum Gasteiger partial charge on any atom is -0.476 e. The highest BCUT2D eigenvalue weighted by Gasteiger charge is 2.34. The summed E-state index contributed by atoms with van der Waals surface area (Å²) in [6.45, 7) is 3.30. The Labute approximate surface area is 120 Å². The number of nitrogens with one attached hydrogen (secondary N) is 2. The molecule has 2 rings (SSSR count). The van der Waals surface area contributed by atoms with E-state index in [1.54, 1.807) is 13.8 Å². The van der Waals surface area contributed by atoms with Gasteiger partial charge in [-0.15, -0.1) is 5.10 Å². The molecule has 0 unspecified atom stereocenters. The molecule has 1 aliphatic carbocycles. The van der Waals surface area contributed by atoms with Crippen LogP contribution in [0.1, 0.15) is 48.8 Å². The van der Waals surface area contributed by atoms with Gasteiger partial charge in [-0.25, -0.2) is 14.3 Å². The van der Waals surface area contributed by atoms with Crippen molar-refractivity contribution in [2.75, 3.05) is 0 Å². The second kappa shape index (κ2) is 5.90. The smallest absolute Gasteiger partial charge is 0.358 e. The fourth-order valence-electron chi connectivity index (χ4n) is 1.95. The zero-order valence-electron chi connectivity index (χ0n) is 11.8. The monoisotopic (exact) mass is 295 g/mol. The van der Waals surface area contributed by atoms with Gasteiger partial charge in [-0.1, -0.05) is 5.21 Å². The van der Waals surface area contributed by atoms with Crippen LogP contribution < -0.4 is 10.6 Å². The van der Waals surface area contributed by atoms with Crippen LogP contribution in [0.5, 0.6) is 0 Å². The predicted molar refractivity (Wildman–Crippen MR) is 70.8 cm³/mol. The van der Waals surface area contributed by atoms with Gasteiger partial charge in [-0.3, -0.25) is 10.1 Å². The third-order valence-corrected chi connectivity index (χ3v) is 2.91. The molecule has 1 aliphatic rings. The van der Waals surface area contributed by atoms with Gasteiger partial charge in [0.05, 0.1) is 5.69 Å². The molecule has 0 aromatic carbocycles. The first-order chi connectivity index (χ1) is 9.88. The van der Waals surface area contributed by atoms with Crippen molar-refractivity contribution in [2.24, 2.45) is 0 Å².